The monoisotopic (exact) mass is 312 g/mol. The van der Waals surface area contributed by atoms with Crippen LogP contribution in [0.4, 0.5) is 11.4 Å². The fraction of sp³-hybridized carbons (Fsp3) is 0.462. The van der Waals surface area contributed by atoms with Crippen LogP contribution in [-0.4, -0.2) is 37.8 Å². The highest BCUT2D eigenvalue weighted by Crippen LogP contribution is 2.39. The maximum absolute atomic E-state index is 11.0. The average Bonchev–Trinajstić information content (AvgIpc) is 2.39. The first-order valence-electron chi connectivity index (χ1n) is 5.97. The highest BCUT2D eigenvalue weighted by atomic mass is 79.9. The van der Waals surface area contributed by atoms with Gasteiger partial charge in [0.1, 0.15) is 6.54 Å². The SMILES string of the molecule is Cc1cc(Br)c2c(c1)N(C)CCCN2CC(=O)O. The quantitative estimate of drug-likeness (QED) is 0.911. The Morgan fingerprint density at radius 2 is 2.17 bits per heavy atom. The minimum Gasteiger partial charge on any atom is -0.480 e. The Morgan fingerprint density at radius 3 is 2.83 bits per heavy atom. The molecule has 0 radical (unpaired) electrons. The number of carboxylic acids is 1. The molecule has 0 atom stereocenters. The van der Waals surface area contributed by atoms with Crippen LogP contribution in [0.3, 0.4) is 0 Å². The van der Waals surface area contributed by atoms with Gasteiger partial charge in [0.2, 0.25) is 0 Å². The zero-order valence-corrected chi connectivity index (χ0v) is 12.2. The molecule has 0 spiro atoms. The maximum atomic E-state index is 11.0. The Bertz CT molecular complexity index is 476. The summed E-state index contributed by atoms with van der Waals surface area (Å²) in [5, 5.41) is 9.02. The summed E-state index contributed by atoms with van der Waals surface area (Å²) in [7, 11) is 2.05. The number of fused-ring (bicyclic) bond motifs is 1. The van der Waals surface area contributed by atoms with Gasteiger partial charge in [-0.25, -0.2) is 0 Å². The van der Waals surface area contributed by atoms with Crippen LogP contribution in [0, 0.1) is 6.92 Å². The molecule has 5 heteroatoms. The normalized spacial score (nSPS) is 15.3. The van der Waals surface area contributed by atoms with E-state index >= 15 is 0 Å². The Hall–Kier alpha value is -1.23. The van der Waals surface area contributed by atoms with Crippen molar-refractivity contribution in [1.29, 1.82) is 0 Å². The number of carbonyl (C=O) groups is 1. The van der Waals surface area contributed by atoms with Gasteiger partial charge < -0.3 is 14.9 Å². The van der Waals surface area contributed by atoms with Gasteiger partial charge in [0.25, 0.3) is 0 Å². The number of aryl methyl sites for hydroxylation is 1. The summed E-state index contributed by atoms with van der Waals surface area (Å²) in [6.07, 6.45) is 0.962. The van der Waals surface area contributed by atoms with Gasteiger partial charge in [-0.2, -0.15) is 0 Å². The largest absolute Gasteiger partial charge is 0.480 e. The number of aliphatic carboxylic acids is 1. The van der Waals surface area contributed by atoms with E-state index < -0.39 is 5.97 Å². The number of rotatable bonds is 2. The molecule has 0 amide bonds. The number of anilines is 2. The molecule has 0 aromatic heterocycles. The van der Waals surface area contributed by atoms with Gasteiger partial charge in [0.15, 0.2) is 0 Å². The summed E-state index contributed by atoms with van der Waals surface area (Å²) in [5.41, 5.74) is 3.26. The zero-order valence-electron chi connectivity index (χ0n) is 10.6. The summed E-state index contributed by atoms with van der Waals surface area (Å²) in [6, 6.07) is 4.15. The molecule has 0 unspecified atom stereocenters. The van der Waals surface area contributed by atoms with E-state index in [1.807, 2.05) is 17.9 Å². The topological polar surface area (TPSA) is 43.8 Å². The third-order valence-corrected chi connectivity index (χ3v) is 3.77. The van der Waals surface area contributed by atoms with E-state index in [0.717, 1.165) is 35.4 Å². The molecule has 98 valence electrons. The first kappa shape index (κ1) is 13.2. The molecule has 1 aromatic rings. The van der Waals surface area contributed by atoms with E-state index in [2.05, 4.69) is 33.9 Å². The molecule has 1 N–H and O–H groups in total. The number of hydrogen-bond donors (Lipinski definition) is 1. The lowest BCUT2D eigenvalue weighted by Crippen LogP contribution is -2.30. The highest BCUT2D eigenvalue weighted by molar-refractivity contribution is 9.10. The van der Waals surface area contributed by atoms with Crippen LogP contribution in [0.1, 0.15) is 12.0 Å². The van der Waals surface area contributed by atoms with Gasteiger partial charge in [-0.05, 0) is 47.0 Å². The third kappa shape index (κ3) is 2.61. The lowest BCUT2D eigenvalue weighted by molar-refractivity contribution is -0.135. The number of nitrogens with zero attached hydrogens (tertiary/aromatic N) is 2. The fourth-order valence-electron chi connectivity index (χ4n) is 2.37. The van der Waals surface area contributed by atoms with Gasteiger partial charge in [-0.3, -0.25) is 4.79 Å². The molecule has 1 aromatic carbocycles. The predicted molar refractivity (Wildman–Crippen MR) is 76.6 cm³/mol. The van der Waals surface area contributed by atoms with E-state index in [1.165, 1.54) is 5.56 Å². The van der Waals surface area contributed by atoms with Crippen molar-refractivity contribution in [2.24, 2.45) is 0 Å². The lowest BCUT2D eigenvalue weighted by Gasteiger charge is -2.26. The van der Waals surface area contributed by atoms with Gasteiger partial charge in [0, 0.05) is 24.6 Å². The van der Waals surface area contributed by atoms with E-state index in [9.17, 15) is 4.79 Å². The van der Waals surface area contributed by atoms with Crippen LogP contribution < -0.4 is 9.80 Å². The lowest BCUT2D eigenvalue weighted by atomic mass is 10.1. The van der Waals surface area contributed by atoms with E-state index in [0.29, 0.717) is 0 Å². The van der Waals surface area contributed by atoms with E-state index in [1.54, 1.807) is 0 Å². The summed E-state index contributed by atoms with van der Waals surface area (Å²) in [6.45, 7) is 3.80. The van der Waals surface area contributed by atoms with Crippen LogP contribution in [0.25, 0.3) is 0 Å². The summed E-state index contributed by atoms with van der Waals surface area (Å²) < 4.78 is 0.965. The van der Waals surface area contributed by atoms with Crippen LogP contribution in [0.2, 0.25) is 0 Å². The van der Waals surface area contributed by atoms with E-state index in [4.69, 9.17) is 5.11 Å². The second-order valence-electron chi connectivity index (χ2n) is 4.70. The molecule has 0 saturated heterocycles. The first-order valence-corrected chi connectivity index (χ1v) is 6.76. The van der Waals surface area contributed by atoms with Crippen molar-refractivity contribution in [2.45, 2.75) is 13.3 Å². The van der Waals surface area contributed by atoms with Crippen LogP contribution in [0.5, 0.6) is 0 Å². The summed E-state index contributed by atoms with van der Waals surface area (Å²) >= 11 is 3.56. The standard InChI is InChI=1S/C13H17BrN2O2/c1-9-6-10(14)13-11(7-9)15(2)4-3-5-16(13)8-12(17)18/h6-7H,3-5,8H2,1-2H3,(H,17,18). The molecule has 0 bridgehead atoms. The van der Waals surface area contributed by atoms with Crippen molar-refractivity contribution < 1.29 is 9.90 Å². The smallest absolute Gasteiger partial charge is 0.323 e. The number of hydrogen-bond acceptors (Lipinski definition) is 3. The van der Waals surface area contributed by atoms with Crippen LogP contribution >= 0.6 is 15.9 Å². The first-order chi connectivity index (χ1) is 8.49. The number of benzene rings is 1. The molecule has 2 rings (SSSR count). The van der Waals surface area contributed by atoms with Gasteiger partial charge >= 0.3 is 5.97 Å². The summed E-state index contributed by atoms with van der Waals surface area (Å²) in [4.78, 5) is 15.1. The van der Waals surface area contributed by atoms with Crippen LogP contribution in [0.15, 0.2) is 16.6 Å². The molecule has 0 fully saturated rings. The Morgan fingerprint density at radius 1 is 1.44 bits per heavy atom. The zero-order chi connectivity index (χ0) is 13.3. The molecule has 0 aliphatic carbocycles. The third-order valence-electron chi connectivity index (χ3n) is 3.16. The van der Waals surface area contributed by atoms with E-state index in [-0.39, 0.29) is 6.54 Å². The van der Waals surface area contributed by atoms with Crippen molar-refractivity contribution in [3.63, 3.8) is 0 Å². The van der Waals surface area contributed by atoms with Crippen molar-refractivity contribution in [2.75, 3.05) is 36.5 Å². The van der Waals surface area contributed by atoms with Crippen molar-refractivity contribution in [1.82, 2.24) is 0 Å². The Balaban J connectivity index is 2.50. The molecule has 1 heterocycles. The average molecular weight is 313 g/mol. The number of carboxylic acid groups (broad SMARTS) is 1. The Labute approximate surface area is 115 Å². The minimum absolute atomic E-state index is 0.0441. The van der Waals surface area contributed by atoms with Gasteiger partial charge in [-0.1, -0.05) is 0 Å². The molecular weight excluding hydrogens is 296 g/mol. The molecule has 1 aliphatic rings. The number of halogens is 1. The second-order valence-corrected chi connectivity index (χ2v) is 5.56. The minimum atomic E-state index is -0.794. The van der Waals surface area contributed by atoms with Crippen LogP contribution in [-0.2, 0) is 4.79 Å². The molecule has 1 aliphatic heterocycles. The van der Waals surface area contributed by atoms with Crippen molar-refractivity contribution in [3.05, 3.63) is 22.2 Å². The highest BCUT2D eigenvalue weighted by Gasteiger charge is 2.22. The predicted octanol–water partition coefficient (Wildman–Crippen LogP) is 2.49. The maximum Gasteiger partial charge on any atom is 0.323 e. The summed E-state index contributed by atoms with van der Waals surface area (Å²) in [5.74, 6) is -0.794. The molecular formula is C13H17BrN2O2. The molecule has 18 heavy (non-hydrogen) atoms. The molecule has 4 nitrogen and oxygen atoms in total. The van der Waals surface area contributed by atoms with Gasteiger partial charge in [0.05, 0.1) is 11.4 Å². The van der Waals surface area contributed by atoms with Crippen molar-refractivity contribution in [3.8, 4) is 0 Å². The van der Waals surface area contributed by atoms with Crippen molar-refractivity contribution >= 4 is 33.3 Å². The molecule has 0 saturated carbocycles. The fourth-order valence-corrected chi connectivity index (χ4v) is 3.19. The second kappa shape index (κ2) is 5.18. The van der Waals surface area contributed by atoms with Gasteiger partial charge in [-0.15, -0.1) is 0 Å². The Kier molecular flexibility index (Phi) is 3.80.